The molecule has 4 nitrogen and oxygen atoms in total. The molecule has 0 atom stereocenters. The van der Waals surface area contributed by atoms with Crippen LogP contribution in [0.3, 0.4) is 0 Å². The summed E-state index contributed by atoms with van der Waals surface area (Å²) in [6.45, 7) is 4.05. The Balaban J connectivity index is 0.000000980. The van der Waals surface area contributed by atoms with Crippen molar-refractivity contribution in [2.75, 3.05) is 0 Å². The van der Waals surface area contributed by atoms with Gasteiger partial charge in [-0.25, -0.2) is 0 Å². The number of hydrogen-bond acceptors (Lipinski definition) is 4. The van der Waals surface area contributed by atoms with Gasteiger partial charge in [-0.1, -0.05) is 25.2 Å². The number of rotatable bonds is 1. The van der Waals surface area contributed by atoms with E-state index in [-0.39, 0.29) is 12.2 Å². The second-order valence-corrected chi connectivity index (χ2v) is 4.15. The van der Waals surface area contributed by atoms with Gasteiger partial charge in [0, 0.05) is 1.43 Å². The molecule has 70 valence electrons. The summed E-state index contributed by atoms with van der Waals surface area (Å²) in [5.74, 6) is 0.279. The van der Waals surface area contributed by atoms with Crippen molar-refractivity contribution in [1.82, 2.24) is 15.2 Å². The molecule has 0 amide bonds. The largest absolute Gasteiger partial charge is 0.311 e. The van der Waals surface area contributed by atoms with Crippen molar-refractivity contribution in [2.45, 2.75) is 19.8 Å². The van der Waals surface area contributed by atoms with E-state index in [1.807, 2.05) is 13.8 Å². The zero-order valence-electron chi connectivity index (χ0n) is 7.37. The molecule has 2 rings (SSSR count). The Kier molecular flexibility index (Phi) is 1.88. The molecule has 0 spiro atoms. The monoisotopic (exact) mass is 197 g/mol. The molecule has 0 aromatic carbocycles. The van der Waals surface area contributed by atoms with E-state index in [4.69, 9.17) is 0 Å². The molecule has 0 aliphatic carbocycles. The van der Waals surface area contributed by atoms with Crippen LogP contribution in [0.5, 0.6) is 0 Å². The van der Waals surface area contributed by atoms with E-state index in [0.717, 1.165) is 15.9 Å². The van der Waals surface area contributed by atoms with E-state index < -0.39 is 0 Å². The number of hydrogen-bond donors (Lipinski definition) is 1. The van der Waals surface area contributed by atoms with E-state index in [2.05, 4.69) is 15.2 Å². The molecular formula is C8H11N3OS. The van der Waals surface area contributed by atoms with E-state index in [1.165, 1.54) is 11.3 Å². The summed E-state index contributed by atoms with van der Waals surface area (Å²) >= 11 is 1.17. The topological polar surface area (TPSA) is 58.6 Å². The number of fused-ring (bicyclic) bond motifs is 1. The van der Waals surface area contributed by atoms with Gasteiger partial charge in [-0.3, -0.25) is 4.79 Å². The summed E-state index contributed by atoms with van der Waals surface area (Å²) in [4.78, 5) is 13.8. The molecule has 13 heavy (non-hydrogen) atoms. The predicted molar refractivity (Wildman–Crippen MR) is 54.2 cm³/mol. The van der Waals surface area contributed by atoms with Gasteiger partial charge in [-0.05, 0) is 5.92 Å². The zero-order chi connectivity index (χ0) is 9.42. The first kappa shape index (κ1) is 8.37. The molecule has 1 N–H and O–H groups in total. The van der Waals surface area contributed by atoms with Gasteiger partial charge in [0.15, 0.2) is 0 Å². The van der Waals surface area contributed by atoms with Gasteiger partial charge in [0.25, 0.3) is 0 Å². The van der Waals surface area contributed by atoms with Gasteiger partial charge >= 0.3 is 4.87 Å². The Morgan fingerprint density at radius 2 is 2.38 bits per heavy atom. The van der Waals surface area contributed by atoms with Crippen molar-refractivity contribution in [3.8, 4) is 0 Å². The third-order valence-corrected chi connectivity index (χ3v) is 2.64. The number of nitrogens with zero attached hydrogens (tertiary/aromatic N) is 2. The number of H-pyrrole nitrogens is 1. The maximum atomic E-state index is 11.1. The van der Waals surface area contributed by atoms with Gasteiger partial charge in [-0.15, -0.1) is 0 Å². The molecule has 0 aliphatic rings. The van der Waals surface area contributed by atoms with Crippen LogP contribution in [0.15, 0.2) is 11.0 Å². The molecule has 2 heterocycles. The third kappa shape index (κ3) is 1.35. The van der Waals surface area contributed by atoms with Crippen molar-refractivity contribution >= 4 is 21.6 Å². The summed E-state index contributed by atoms with van der Waals surface area (Å²) in [6, 6.07) is 0. The molecule has 0 saturated heterocycles. The van der Waals surface area contributed by atoms with Gasteiger partial charge in [0.05, 0.1) is 22.1 Å². The molecule has 0 radical (unpaired) electrons. The number of aromatic nitrogens is 3. The van der Waals surface area contributed by atoms with Crippen LogP contribution in [0.4, 0.5) is 0 Å². The van der Waals surface area contributed by atoms with Crippen LogP contribution in [0, 0.1) is 0 Å². The third-order valence-electron chi connectivity index (χ3n) is 1.82. The summed E-state index contributed by atoms with van der Waals surface area (Å²) < 4.78 is 0.878. The van der Waals surface area contributed by atoms with Crippen molar-refractivity contribution < 1.29 is 1.43 Å². The normalized spacial score (nSPS) is 11.3. The Morgan fingerprint density at radius 3 is 3.08 bits per heavy atom. The first-order valence-electron chi connectivity index (χ1n) is 4.03. The number of thiazole rings is 1. The highest BCUT2D eigenvalue weighted by Gasteiger charge is 2.09. The molecular weight excluding hydrogens is 186 g/mol. The molecule has 0 fully saturated rings. The van der Waals surface area contributed by atoms with Crippen LogP contribution in [0.25, 0.3) is 10.2 Å². The minimum atomic E-state index is -0.0494. The van der Waals surface area contributed by atoms with Crippen molar-refractivity contribution in [3.05, 3.63) is 21.6 Å². The van der Waals surface area contributed by atoms with Crippen LogP contribution in [-0.4, -0.2) is 15.2 Å². The first-order chi connectivity index (χ1) is 6.18. The Morgan fingerprint density at radius 1 is 1.62 bits per heavy atom. The van der Waals surface area contributed by atoms with E-state index in [1.54, 1.807) is 6.20 Å². The predicted octanol–water partition coefficient (Wildman–Crippen LogP) is 1.75. The maximum Gasteiger partial charge on any atom is 0.305 e. The highest BCUT2D eigenvalue weighted by Crippen LogP contribution is 2.21. The lowest BCUT2D eigenvalue weighted by Gasteiger charge is -2.02. The molecule has 0 saturated carbocycles. The van der Waals surface area contributed by atoms with Crippen LogP contribution >= 0.6 is 11.3 Å². The van der Waals surface area contributed by atoms with Crippen molar-refractivity contribution in [1.29, 1.82) is 0 Å². The highest BCUT2D eigenvalue weighted by atomic mass is 32.1. The second kappa shape index (κ2) is 2.92. The average molecular weight is 197 g/mol. The Bertz CT molecular complexity index is 491. The minimum absolute atomic E-state index is 0. The van der Waals surface area contributed by atoms with Crippen molar-refractivity contribution in [2.24, 2.45) is 0 Å². The molecule has 2 aromatic rings. The zero-order valence-corrected chi connectivity index (χ0v) is 8.18. The smallest absolute Gasteiger partial charge is 0.305 e. The standard InChI is InChI=1S/C8H9N3OS.H2/c1-4(2)6-7-5(3-9-11-6)13-8(12)10-7;/h3-4H,1-2H3,(H,10,12);1H. The maximum absolute atomic E-state index is 11.1. The van der Waals surface area contributed by atoms with Gasteiger partial charge in [0.1, 0.15) is 0 Å². The summed E-state index contributed by atoms with van der Waals surface area (Å²) in [7, 11) is 0. The SMILES string of the molecule is CC(C)c1nncc2sc(=O)[nH]c12.[HH]. The van der Waals surface area contributed by atoms with Gasteiger partial charge in [0.2, 0.25) is 0 Å². The molecule has 0 unspecified atom stereocenters. The fourth-order valence-electron chi connectivity index (χ4n) is 1.22. The molecule has 5 heteroatoms. The van der Waals surface area contributed by atoms with Crippen LogP contribution < -0.4 is 4.87 Å². The molecule has 0 aliphatic heterocycles. The Labute approximate surface area is 80.1 Å². The van der Waals surface area contributed by atoms with E-state index in [0.29, 0.717) is 0 Å². The summed E-state index contributed by atoms with van der Waals surface area (Å²) in [5.41, 5.74) is 1.69. The minimum Gasteiger partial charge on any atom is -0.311 e. The quantitative estimate of drug-likeness (QED) is 0.757. The van der Waals surface area contributed by atoms with Crippen LogP contribution in [0.1, 0.15) is 26.9 Å². The Hall–Kier alpha value is -1.23. The fraction of sp³-hybridized carbons (Fsp3) is 0.375. The lowest BCUT2D eigenvalue weighted by Crippen LogP contribution is -1.98. The fourth-order valence-corrected chi connectivity index (χ4v) is 1.93. The summed E-state index contributed by atoms with van der Waals surface area (Å²) in [6.07, 6.45) is 1.61. The van der Waals surface area contributed by atoms with Gasteiger partial charge < -0.3 is 4.98 Å². The van der Waals surface area contributed by atoms with E-state index in [9.17, 15) is 4.79 Å². The highest BCUT2D eigenvalue weighted by molar-refractivity contribution is 7.16. The number of aromatic amines is 1. The molecule has 0 bridgehead atoms. The lowest BCUT2D eigenvalue weighted by molar-refractivity contribution is 0.796. The summed E-state index contributed by atoms with van der Waals surface area (Å²) in [5, 5.41) is 7.86. The molecule has 2 aromatic heterocycles. The van der Waals surface area contributed by atoms with Crippen LogP contribution in [0.2, 0.25) is 0 Å². The average Bonchev–Trinajstić information content (AvgIpc) is 2.43. The number of nitrogens with one attached hydrogen (secondary N) is 1. The van der Waals surface area contributed by atoms with Crippen LogP contribution in [-0.2, 0) is 0 Å². The second-order valence-electron chi connectivity index (χ2n) is 3.14. The van der Waals surface area contributed by atoms with Crippen molar-refractivity contribution in [3.63, 3.8) is 0 Å². The lowest BCUT2D eigenvalue weighted by atomic mass is 10.1. The van der Waals surface area contributed by atoms with Gasteiger partial charge in [-0.2, -0.15) is 10.2 Å². The van der Waals surface area contributed by atoms with E-state index >= 15 is 0 Å². The first-order valence-corrected chi connectivity index (χ1v) is 4.84.